The van der Waals surface area contributed by atoms with Crippen LogP contribution in [0.4, 0.5) is 0 Å². The molecule has 0 spiro atoms. The molecule has 0 fully saturated rings. The Morgan fingerprint density at radius 3 is 1.88 bits per heavy atom. The smallest absolute Gasteiger partial charge is 0.0805 e. The standard InChI is InChI=1S/C15H33B/c1-7-15(10-11-16,9-8-12(2)3)14(6)13(4)5/h12-14H,7-11,16H2,1-6H3. The van der Waals surface area contributed by atoms with Crippen LogP contribution in [-0.2, 0) is 0 Å². The summed E-state index contributed by atoms with van der Waals surface area (Å²) in [6.45, 7) is 14.4. The number of rotatable bonds is 8. The van der Waals surface area contributed by atoms with E-state index in [1.54, 1.807) is 0 Å². The van der Waals surface area contributed by atoms with Crippen molar-refractivity contribution in [2.45, 2.75) is 73.5 Å². The molecule has 0 N–H and O–H groups in total. The Morgan fingerprint density at radius 1 is 1.00 bits per heavy atom. The fourth-order valence-electron chi connectivity index (χ4n) is 3.04. The van der Waals surface area contributed by atoms with Gasteiger partial charge in [0.15, 0.2) is 0 Å². The fourth-order valence-corrected chi connectivity index (χ4v) is 3.04. The van der Waals surface area contributed by atoms with Crippen LogP contribution in [0.5, 0.6) is 0 Å². The van der Waals surface area contributed by atoms with E-state index in [9.17, 15) is 0 Å². The quantitative estimate of drug-likeness (QED) is 0.530. The van der Waals surface area contributed by atoms with Gasteiger partial charge in [0, 0.05) is 0 Å². The Bertz CT molecular complexity index is 174. The van der Waals surface area contributed by atoms with Crippen molar-refractivity contribution in [1.82, 2.24) is 0 Å². The molecule has 0 aliphatic carbocycles. The molecule has 1 heteroatoms. The molecular weight excluding hydrogens is 191 g/mol. The van der Waals surface area contributed by atoms with Crippen molar-refractivity contribution in [1.29, 1.82) is 0 Å². The lowest BCUT2D eigenvalue weighted by molar-refractivity contribution is 0.0951. The monoisotopic (exact) mass is 224 g/mol. The van der Waals surface area contributed by atoms with Crippen molar-refractivity contribution in [3.8, 4) is 0 Å². The molecule has 0 nitrogen and oxygen atoms in total. The van der Waals surface area contributed by atoms with Crippen LogP contribution in [0.3, 0.4) is 0 Å². The highest BCUT2D eigenvalue weighted by Crippen LogP contribution is 2.44. The van der Waals surface area contributed by atoms with Crippen LogP contribution in [0.1, 0.15) is 67.2 Å². The molecule has 96 valence electrons. The van der Waals surface area contributed by atoms with Gasteiger partial charge < -0.3 is 0 Å². The van der Waals surface area contributed by atoms with E-state index >= 15 is 0 Å². The first-order valence-electron chi connectivity index (χ1n) is 7.39. The summed E-state index contributed by atoms with van der Waals surface area (Å²) < 4.78 is 0. The topological polar surface area (TPSA) is 0 Å². The Morgan fingerprint density at radius 2 is 1.56 bits per heavy atom. The lowest BCUT2D eigenvalue weighted by Gasteiger charge is -2.41. The minimum absolute atomic E-state index is 0.604. The molecule has 0 saturated carbocycles. The van der Waals surface area contributed by atoms with Crippen LogP contribution in [0, 0.1) is 23.2 Å². The summed E-state index contributed by atoms with van der Waals surface area (Å²) in [4.78, 5) is 0. The second-order valence-electron chi connectivity index (χ2n) is 6.43. The van der Waals surface area contributed by atoms with E-state index in [0.717, 1.165) is 17.8 Å². The molecule has 0 aromatic heterocycles. The van der Waals surface area contributed by atoms with Crippen molar-refractivity contribution >= 4 is 7.85 Å². The summed E-state index contributed by atoms with van der Waals surface area (Å²) in [7, 11) is 2.34. The maximum Gasteiger partial charge on any atom is 0.101 e. The summed E-state index contributed by atoms with van der Waals surface area (Å²) in [6.07, 6.45) is 6.92. The van der Waals surface area contributed by atoms with Crippen molar-refractivity contribution in [3.05, 3.63) is 0 Å². The van der Waals surface area contributed by atoms with Crippen molar-refractivity contribution in [2.75, 3.05) is 0 Å². The molecule has 0 radical (unpaired) electrons. The van der Waals surface area contributed by atoms with Gasteiger partial charge in [-0.3, -0.25) is 0 Å². The first-order valence-corrected chi connectivity index (χ1v) is 7.39. The molecule has 0 aliphatic rings. The van der Waals surface area contributed by atoms with Crippen molar-refractivity contribution in [3.63, 3.8) is 0 Å². The number of hydrogen-bond donors (Lipinski definition) is 0. The fraction of sp³-hybridized carbons (Fsp3) is 1.00. The molecule has 0 rings (SSSR count). The van der Waals surface area contributed by atoms with E-state index in [-0.39, 0.29) is 0 Å². The second kappa shape index (κ2) is 7.40. The predicted molar refractivity (Wildman–Crippen MR) is 78.8 cm³/mol. The van der Waals surface area contributed by atoms with Crippen LogP contribution in [0.2, 0.25) is 6.32 Å². The summed E-state index contributed by atoms with van der Waals surface area (Å²) >= 11 is 0. The molecule has 0 aromatic rings. The summed E-state index contributed by atoms with van der Waals surface area (Å²) in [5, 5.41) is 0. The van der Waals surface area contributed by atoms with Gasteiger partial charge in [0.25, 0.3) is 0 Å². The lowest BCUT2D eigenvalue weighted by Crippen LogP contribution is -2.32. The van der Waals surface area contributed by atoms with E-state index in [4.69, 9.17) is 0 Å². The molecule has 0 amide bonds. The zero-order chi connectivity index (χ0) is 12.8. The molecule has 16 heavy (non-hydrogen) atoms. The zero-order valence-corrected chi connectivity index (χ0v) is 12.8. The van der Waals surface area contributed by atoms with Crippen LogP contribution < -0.4 is 0 Å². The van der Waals surface area contributed by atoms with E-state index < -0.39 is 0 Å². The van der Waals surface area contributed by atoms with Gasteiger partial charge in [-0.25, -0.2) is 0 Å². The third-order valence-electron chi connectivity index (χ3n) is 4.64. The minimum atomic E-state index is 0.604. The Labute approximate surface area is 105 Å². The first kappa shape index (κ1) is 16.1. The Hall–Kier alpha value is 0.0649. The van der Waals surface area contributed by atoms with E-state index in [2.05, 4.69) is 49.4 Å². The Balaban J connectivity index is 4.69. The van der Waals surface area contributed by atoms with Gasteiger partial charge in [-0.2, -0.15) is 0 Å². The van der Waals surface area contributed by atoms with Gasteiger partial charge in [-0.15, -0.1) is 0 Å². The maximum absolute atomic E-state index is 2.48. The summed E-state index contributed by atoms with van der Waals surface area (Å²) in [5.41, 5.74) is 0.604. The molecule has 0 heterocycles. The van der Waals surface area contributed by atoms with Gasteiger partial charge in [-0.05, 0) is 29.6 Å². The average molecular weight is 224 g/mol. The average Bonchev–Trinajstić information content (AvgIpc) is 2.23. The predicted octanol–water partition coefficient (Wildman–Crippen LogP) is 4.55. The van der Waals surface area contributed by atoms with Crippen LogP contribution in [0.25, 0.3) is 0 Å². The largest absolute Gasteiger partial charge is 0.101 e. The third-order valence-corrected chi connectivity index (χ3v) is 4.64. The SMILES string of the molecule is BCCC(CC)(CCC(C)C)C(C)C(C)C. The molecule has 0 saturated heterocycles. The molecule has 0 bridgehead atoms. The maximum atomic E-state index is 2.48. The van der Waals surface area contributed by atoms with Crippen molar-refractivity contribution < 1.29 is 0 Å². The minimum Gasteiger partial charge on any atom is -0.0805 e. The zero-order valence-electron chi connectivity index (χ0n) is 12.8. The van der Waals surface area contributed by atoms with Crippen LogP contribution >= 0.6 is 0 Å². The summed E-state index contributed by atoms with van der Waals surface area (Å²) in [5.74, 6) is 2.53. The molecule has 0 aliphatic heterocycles. The third kappa shape index (κ3) is 4.51. The van der Waals surface area contributed by atoms with E-state index in [0.29, 0.717) is 5.41 Å². The van der Waals surface area contributed by atoms with E-state index in [1.807, 2.05) is 0 Å². The molecule has 0 aromatic carbocycles. The highest BCUT2D eigenvalue weighted by molar-refractivity contribution is 6.08. The summed E-state index contributed by atoms with van der Waals surface area (Å²) in [6, 6.07) is 0. The van der Waals surface area contributed by atoms with Gasteiger partial charge in [0.2, 0.25) is 0 Å². The van der Waals surface area contributed by atoms with Gasteiger partial charge in [0.05, 0.1) is 0 Å². The molecular formula is C15H33B. The van der Waals surface area contributed by atoms with Gasteiger partial charge in [-0.1, -0.05) is 67.1 Å². The first-order chi connectivity index (χ1) is 7.39. The number of hydrogen-bond acceptors (Lipinski definition) is 0. The normalized spacial score (nSPS) is 17.8. The molecule has 2 atom stereocenters. The van der Waals surface area contributed by atoms with Crippen LogP contribution in [0.15, 0.2) is 0 Å². The Kier molecular flexibility index (Phi) is 7.43. The van der Waals surface area contributed by atoms with Crippen molar-refractivity contribution in [2.24, 2.45) is 23.2 Å². The highest BCUT2D eigenvalue weighted by atomic mass is 14.4. The molecule has 2 unspecified atom stereocenters. The second-order valence-corrected chi connectivity index (χ2v) is 6.43. The van der Waals surface area contributed by atoms with Gasteiger partial charge in [0.1, 0.15) is 7.85 Å². The van der Waals surface area contributed by atoms with Crippen LogP contribution in [-0.4, -0.2) is 7.85 Å². The van der Waals surface area contributed by atoms with E-state index in [1.165, 1.54) is 32.0 Å². The highest BCUT2D eigenvalue weighted by Gasteiger charge is 2.34. The lowest BCUT2D eigenvalue weighted by atomic mass is 9.62. The van der Waals surface area contributed by atoms with Gasteiger partial charge >= 0.3 is 0 Å².